The number of aliphatic hydroxyl groups excluding tert-OH is 2. The smallest absolute Gasteiger partial charge is 0.303 e. The molecule has 2 saturated carbocycles. The predicted molar refractivity (Wildman–Crippen MR) is 104 cm³/mol. The summed E-state index contributed by atoms with van der Waals surface area (Å²) in [6.07, 6.45) is 11.6. The van der Waals surface area contributed by atoms with E-state index in [4.69, 9.17) is 5.11 Å². The molecule has 0 radical (unpaired) electrons. The summed E-state index contributed by atoms with van der Waals surface area (Å²) in [5.74, 6) is 0.825. The van der Waals surface area contributed by atoms with Crippen LogP contribution in [0, 0.1) is 23.7 Å². The molecule has 0 heterocycles. The number of unbranched alkanes of at least 4 members (excludes halogenated alkanes) is 2. The van der Waals surface area contributed by atoms with Crippen molar-refractivity contribution in [3.63, 3.8) is 0 Å². The van der Waals surface area contributed by atoms with Gasteiger partial charge in [0.05, 0.1) is 12.2 Å². The number of carboxylic acids is 1. The largest absolute Gasteiger partial charge is 0.481 e. The third-order valence-electron chi connectivity index (χ3n) is 6.59. The SMILES string of the molecule is CCCCC(C)CC[C@H](O)[C@H]1[C@H]2CC(=CCCCC(=O)O)C[C@H]2C[C@H]1O. The van der Waals surface area contributed by atoms with Gasteiger partial charge in [0, 0.05) is 12.3 Å². The number of rotatable bonds is 11. The zero-order chi connectivity index (χ0) is 19.1. The normalized spacial score (nSPS) is 31.9. The molecule has 6 atom stereocenters. The molecule has 0 aromatic carbocycles. The Labute approximate surface area is 158 Å². The van der Waals surface area contributed by atoms with Crippen molar-refractivity contribution < 1.29 is 20.1 Å². The first kappa shape index (κ1) is 21.4. The molecule has 2 fully saturated rings. The van der Waals surface area contributed by atoms with Crippen molar-refractivity contribution in [2.75, 3.05) is 0 Å². The molecule has 2 rings (SSSR count). The molecule has 0 aromatic rings. The van der Waals surface area contributed by atoms with E-state index >= 15 is 0 Å². The molecule has 2 aliphatic rings. The van der Waals surface area contributed by atoms with Gasteiger partial charge in [-0.1, -0.05) is 44.8 Å². The Morgan fingerprint density at radius 3 is 2.69 bits per heavy atom. The van der Waals surface area contributed by atoms with Crippen LogP contribution in [0.2, 0.25) is 0 Å². The van der Waals surface area contributed by atoms with Gasteiger partial charge in [-0.25, -0.2) is 0 Å². The molecule has 1 unspecified atom stereocenters. The van der Waals surface area contributed by atoms with Gasteiger partial charge in [0.1, 0.15) is 0 Å². The highest BCUT2D eigenvalue weighted by Crippen LogP contribution is 2.51. The van der Waals surface area contributed by atoms with Gasteiger partial charge >= 0.3 is 5.97 Å². The van der Waals surface area contributed by atoms with Crippen molar-refractivity contribution in [3.8, 4) is 0 Å². The van der Waals surface area contributed by atoms with Gasteiger partial charge < -0.3 is 15.3 Å². The monoisotopic (exact) mass is 366 g/mol. The standard InChI is InChI=1S/C22H38O4/c1-3-4-7-15(2)10-11-19(23)22-18-13-16(8-5-6-9-21(25)26)12-17(18)14-20(22)24/h8,15,17-20,22-24H,3-7,9-14H2,1-2H3,(H,25,26)/t15?,17-,18-,19-,20+,22+/m0/s1. The first-order valence-electron chi connectivity index (χ1n) is 10.7. The lowest BCUT2D eigenvalue weighted by Gasteiger charge is -2.27. The lowest BCUT2D eigenvalue weighted by atomic mass is 9.83. The van der Waals surface area contributed by atoms with E-state index < -0.39 is 12.1 Å². The van der Waals surface area contributed by atoms with E-state index in [0.29, 0.717) is 24.2 Å². The van der Waals surface area contributed by atoms with Crippen LogP contribution in [0.3, 0.4) is 0 Å². The van der Waals surface area contributed by atoms with Crippen LogP contribution in [0.1, 0.15) is 84.5 Å². The van der Waals surface area contributed by atoms with Crippen LogP contribution in [0.4, 0.5) is 0 Å². The second-order valence-corrected chi connectivity index (χ2v) is 8.75. The quantitative estimate of drug-likeness (QED) is 0.370. The Morgan fingerprint density at radius 2 is 2.00 bits per heavy atom. The summed E-state index contributed by atoms with van der Waals surface area (Å²) in [5, 5.41) is 30.0. The van der Waals surface area contributed by atoms with Crippen molar-refractivity contribution in [2.45, 2.75) is 96.7 Å². The maximum atomic E-state index is 10.8. The molecule has 150 valence electrons. The van der Waals surface area contributed by atoms with Crippen LogP contribution < -0.4 is 0 Å². The van der Waals surface area contributed by atoms with E-state index in [0.717, 1.165) is 38.5 Å². The molecule has 0 saturated heterocycles. The van der Waals surface area contributed by atoms with Crippen LogP contribution >= 0.6 is 0 Å². The summed E-state index contributed by atoms with van der Waals surface area (Å²) in [6.45, 7) is 4.48. The van der Waals surface area contributed by atoms with E-state index in [1.807, 2.05) is 0 Å². The molecule has 2 aliphatic carbocycles. The van der Waals surface area contributed by atoms with Crippen LogP contribution in [0.15, 0.2) is 11.6 Å². The Bertz CT molecular complexity index is 473. The molecular formula is C22H38O4. The summed E-state index contributed by atoms with van der Waals surface area (Å²) in [6, 6.07) is 0. The second-order valence-electron chi connectivity index (χ2n) is 8.75. The third kappa shape index (κ3) is 6.09. The average Bonchev–Trinajstić information content (AvgIpc) is 3.10. The predicted octanol–water partition coefficient (Wildman–Crippen LogP) is 4.54. The Balaban J connectivity index is 1.82. The van der Waals surface area contributed by atoms with Crippen LogP contribution in [-0.2, 0) is 4.79 Å². The Morgan fingerprint density at radius 1 is 1.23 bits per heavy atom. The number of carbonyl (C=O) groups is 1. The number of aliphatic hydroxyl groups is 2. The number of allylic oxidation sites excluding steroid dienone is 2. The summed E-state index contributed by atoms with van der Waals surface area (Å²) in [5.41, 5.74) is 1.41. The lowest BCUT2D eigenvalue weighted by Crippen LogP contribution is -2.32. The fourth-order valence-corrected chi connectivity index (χ4v) is 5.11. The minimum absolute atomic E-state index is 0.0169. The highest BCUT2D eigenvalue weighted by molar-refractivity contribution is 5.66. The number of aliphatic carboxylic acids is 1. The van der Waals surface area contributed by atoms with Gasteiger partial charge in [-0.2, -0.15) is 0 Å². The minimum Gasteiger partial charge on any atom is -0.481 e. The van der Waals surface area contributed by atoms with Gasteiger partial charge in [-0.15, -0.1) is 0 Å². The summed E-state index contributed by atoms with van der Waals surface area (Å²) in [4.78, 5) is 10.6. The summed E-state index contributed by atoms with van der Waals surface area (Å²) in [7, 11) is 0. The van der Waals surface area contributed by atoms with Crippen molar-refractivity contribution in [2.24, 2.45) is 23.7 Å². The molecule has 0 aromatic heterocycles. The molecular weight excluding hydrogens is 328 g/mol. The van der Waals surface area contributed by atoms with Crippen LogP contribution in [0.25, 0.3) is 0 Å². The first-order valence-corrected chi connectivity index (χ1v) is 10.7. The maximum absolute atomic E-state index is 10.8. The molecule has 0 aliphatic heterocycles. The molecule has 26 heavy (non-hydrogen) atoms. The van der Waals surface area contributed by atoms with Crippen LogP contribution in [0.5, 0.6) is 0 Å². The fraction of sp³-hybridized carbons (Fsp3) is 0.864. The van der Waals surface area contributed by atoms with E-state index in [1.54, 1.807) is 0 Å². The average molecular weight is 367 g/mol. The van der Waals surface area contributed by atoms with E-state index in [9.17, 15) is 15.0 Å². The zero-order valence-electron chi connectivity index (χ0n) is 16.6. The molecule has 0 amide bonds. The Hall–Kier alpha value is -0.870. The highest BCUT2D eigenvalue weighted by atomic mass is 16.4. The maximum Gasteiger partial charge on any atom is 0.303 e. The molecule has 0 spiro atoms. The fourth-order valence-electron chi connectivity index (χ4n) is 5.11. The van der Waals surface area contributed by atoms with Crippen LogP contribution in [-0.4, -0.2) is 33.5 Å². The van der Waals surface area contributed by atoms with Crippen molar-refractivity contribution in [3.05, 3.63) is 11.6 Å². The van der Waals surface area contributed by atoms with Gasteiger partial charge in [0.15, 0.2) is 0 Å². The lowest BCUT2D eigenvalue weighted by molar-refractivity contribution is -0.137. The second kappa shape index (κ2) is 10.5. The molecule has 0 bridgehead atoms. The van der Waals surface area contributed by atoms with Crippen molar-refractivity contribution in [1.29, 1.82) is 0 Å². The van der Waals surface area contributed by atoms with E-state index in [-0.39, 0.29) is 18.4 Å². The molecule has 4 nitrogen and oxygen atoms in total. The van der Waals surface area contributed by atoms with Crippen molar-refractivity contribution >= 4 is 5.97 Å². The summed E-state index contributed by atoms with van der Waals surface area (Å²) < 4.78 is 0. The molecule has 4 heteroatoms. The first-order chi connectivity index (χ1) is 12.4. The number of carboxylic acid groups (broad SMARTS) is 1. The number of hydrogen-bond acceptors (Lipinski definition) is 3. The zero-order valence-corrected chi connectivity index (χ0v) is 16.6. The van der Waals surface area contributed by atoms with Gasteiger partial charge in [-0.3, -0.25) is 4.79 Å². The van der Waals surface area contributed by atoms with Gasteiger partial charge in [0.2, 0.25) is 0 Å². The van der Waals surface area contributed by atoms with Gasteiger partial charge in [0.25, 0.3) is 0 Å². The summed E-state index contributed by atoms with van der Waals surface area (Å²) >= 11 is 0. The topological polar surface area (TPSA) is 77.8 Å². The van der Waals surface area contributed by atoms with Crippen molar-refractivity contribution in [1.82, 2.24) is 0 Å². The van der Waals surface area contributed by atoms with E-state index in [2.05, 4.69) is 19.9 Å². The minimum atomic E-state index is -0.730. The highest BCUT2D eigenvalue weighted by Gasteiger charge is 2.48. The van der Waals surface area contributed by atoms with E-state index in [1.165, 1.54) is 24.8 Å². The Kier molecular flexibility index (Phi) is 8.62. The number of hydrogen-bond donors (Lipinski definition) is 3. The van der Waals surface area contributed by atoms with Gasteiger partial charge in [-0.05, 0) is 62.7 Å². The third-order valence-corrected chi connectivity index (χ3v) is 6.59. The number of fused-ring (bicyclic) bond motifs is 1. The molecule has 3 N–H and O–H groups in total.